The molecule has 0 aliphatic heterocycles. The van der Waals surface area contributed by atoms with Crippen LogP contribution >= 0.6 is 0 Å². The Morgan fingerprint density at radius 2 is 1.67 bits per heavy atom. The third-order valence-electron chi connectivity index (χ3n) is 4.86. The van der Waals surface area contributed by atoms with Gasteiger partial charge in [-0.25, -0.2) is 0 Å². The van der Waals surface area contributed by atoms with Crippen LogP contribution in [0.1, 0.15) is 17.0 Å². The van der Waals surface area contributed by atoms with Gasteiger partial charge in [0.05, 0.1) is 19.8 Å². The summed E-state index contributed by atoms with van der Waals surface area (Å²) in [6.45, 7) is 1.39. The first-order valence-electron chi connectivity index (χ1n) is 8.13. The number of hydrogen-bond acceptors (Lipinski definition) is 3. The second-order valence-corrected chi connectivity index (χ2v) is 6.10. The molecule has 0 heterocycles. The normalized spacial score (nSPS) is 25.4. The SMILES string of the molecule is COCCOC[C@@H]1C(c2ccccc2)[C@@]1(C(=O)O)c1ccccc1. The average Bonchev–Trinajstić information content (AvgIpc) is 3.30. The van der Waals surface area contributed by atoms with Gasteiger partial charge in [-0.15, -0.1) is 0 Å². The zero-order valence-electron chi connectivity index (χ0n) is 13.7. The molecule has 1 N–H and O–H groups in total. The summed E-state index contributed by atoms with van der Waals surface area (Å²) in [5.74, 6) is -0.958. The zero-order chi connectivity index (χ0) is 17.0. The first-order valence-corrected chi connectivity index (χ1v) is 8.13. The summed E-state index contributed by atoms with van der Waals surface area (Å²) < 4.78 is 10.7. The average molecular weight is 326 g/mol. The van der Waals surface area contributed by atoms with Crippen LogP contribution in [0.5, 0.6) is 0 Å². The van der Waals surface area contributed by atoms with Gasteiger partial charge in [-0.05, 0) is 11.1 Å². The third-order valence-corrected chi connectivity index (χ3v) is 4.86. The summed E-state index contributed by atoms with van der Waals surface area (Å²) in [5.41, 5.74) is 0.964. The van der Waals surface area contributed by atoms with E-state index < -0.39 is 11.4 Å². The zero-order valence-corrected chi connectivity index (χ0v) is 13.7. The minimum atomic E-state index is -0.921. The maximum atomic E-state index is 12.3. The molecule has 1 fully saturated rings. The lowest BCUT2D eigenvalue weighted by molar-refractivity contribution is -0.140. The number of carboxylic acids is 1. The third kappa shape index (κ3) is 2.83. The van der Waals surface area contributed by atoms with Gasteiger partial charge in [0.2, 0.25) is 0 Å². The molecule has 0 aromatic heterocycles. The molecule has 0 bridgehead atoms. The highest BCUT2D eigenvalue weighted by molar-refractivity contribution is 5.89. The van der Waals surface area contributed by atoms with Crippen molar-refractivity contribution in [2.45, 2.75) is 11.3 Å². The van der Waals surface area contributed by atoms with Crippen LogP contribution in [0.3, 0.4) is 0 Å². The summed E-state index contributed by atoms with van der Waals surface area (Å²) in [6, 6.07) is 19.3. The van der Waals surface area contributed by atoms with Crippen LogP contribution in [-0.2, 0) is 19.7 Å². The first-order chi connectivity index (χ1) is 11.7. The molecule has 4 heteroatoms. The molecular weight excluding hydrogens is 304 g/mol. The molecule has 0 spiro atoms. The summed E-state index contributed by atoms with van der Waals surface area (Å²) in [4.78, 5) is 12.3. The van der Waals surface area contributed by atoms with E-state index in [-0.39, 0.29) is 11.8 Å². The molecule has 0 saturated heterocycles. The van der Waals surface area contributed by atoms with E-state index in [4.69, 9.17) is 9.47 Å². The smallest absolute Gasteiger partial charge is 0.315 e. The Morgan fingerprint density at radius 3 is 2.25 bits per heavy atom. The fourth-order valence-corrected chi connectivity index (χ4v) is 3.72. The molecule has 0 amide bonds. The van der Waals surface area contributed by atoms with Crippen molar-refractivity contribution >= 4 is 5.97 Å². The van der Waals surface area contributed by atoms with Crippen LogP contribution in [0.2, 0.25) is 0 Å². The molecule has 1 saturated carbocycles. The molecule has 2 aromatic rings. The van der Waals surface area contributed by atoms with E-state index in [1.807, 2.05) is 60.7 Å². The van der Waals surface area contributed by atoms with Crippen molar-refractivity contribution in [3.8, 4) is 0 Å². The molecule has 1 unspecified atom stereocenters. The highest BCUT2D eigenvalue weighted by Crippen LogP contribution is 2.65. The second-order valence-electron chi connectivity index (χ2n) is 6.10. The second kappa shape index (κ2) is 7.16. The number of hydrogen-bond donors (Lipinski definition) is 1. The summed E-state index contributed by atoms with van der Waals surface area (Å²) in [6.07, 6.45) is 0. The maximum absolute atomic E-state index is 12.3. The van der Waals surface area contributed by atoms with Crippen LogP contribution in [0.25, 0.3) is 0 Å². The van der Waals surface area contributed by atoms with Gasteiger partial charge in [-0.1, -0.05) is 60.7 Å². The lowest BCUT2D eigenvalue weighted by Gasteiger charge is -2.14. The number of ether oxygens (including phenoxy) is 2. The minimum absolute atomic E-state index is 0.0823. The van der Waals surface area contributed by atoms with E-state index in [9.17, 15) is 9.90 Å². The van der Waals surface area contributed by atoms with Gasteiger partial charge in [-0.3, -0.25) is 4.79 Å². The molecule has 4 nitrogen and oxygen atoms in total. The van der Waals surface area contributed by atoms with Gasteiger partial charge in [0.15, 0.2) is 0 Å². The van der Waals surface area contributed by atoms with E-state index >= 15 is 0 Å². The van der Waals surface area contributed by atoms with Crippen molar-refractivity contribution in [2.24, 2.45) is 5.92 Å². The van der Waals surface area contributed by atoms with Crippen molar-refractivity contribution < 1.29 is 19.4 Å². The van der Waals surface area contributed by atoms with E-state index in [1.165, 1.54) is 0 Å². The van der Waals surface area contributed by atoms with Gasteiger partial charge in [0.1, 0.15) is 5.41 Å². The molecule has 2 aromatic carbocycles. The Kier molecular flexibility index (Phi) is 4.97. The number of aliphatic carboxylic acids is 1. The highest BCUT2D eigenvalue weighted by atomic mass is 16.5. The fourth-order valence-electron chi connectivity index (χ4n) is 3.72. The van der Waals surface area contributed by atoms with Gasteiger partial charge in [0, 0.05) is 18.9 Å². The quantitative estimate of drug-likeness (QED) is 0.758. The van der Waals surface area contributed by atoms with Crippen LogP contribution in [0.15, 0.2) is 60.7 Å². The number of carbonyl (C=O) groups is 1. The van der Waals surface area contributed by atoms with E-state index in [1.54, 1.807) is 7.11 Å². The van der Waals surface area contributed by atoms with E-state index in [0.29, 0.717) is 19.8 Å². The Hall–Kier alpha value is -2.17. The summed E-state index contributed by atoms with van der Waals surface area (Å²) in [5, 5.41) is 10.1. The maximum Gasteiger partial charge on any atom is 0.315 e. The molecule has 3 atom stereocenters. The first kappa shape index (κ1) is 16.7. The number of methoxy groups -OCH3 is 1. The van der Waals surface area contributed by atoms with Gasteiger partial charge in [0.25, 0.3) is 0 Å². The fraction of sp³-hybridized carbons (Fsp3) is 0.350. The number of rotatable bonds is 8. The summed E-state index contributed by atoms with van der Waals surface area (Å²) >= 11 is 0. The van der Waals surface area contributed by atoms with Crippen LogP contribution in [0.4, 0.5) is 0 Å². The molecular formula is C20H22O4. The van der Waals surface area contributed by atoms with Crippen LogP contribution in [-0.4, -0.2) is 38.0 Å². The van der Waals surface area contributed by atoms with Crippen molar-refractivity contribution in [1.29, 1.82) is 0 Å². The van der Waals surface area contributed by atoms with Gasteiger partial charge < -0.3 is 14.6 Å². The Morgan fingerprint density at radius 1 is 1.04 bits per heavy atom. The molecule has 1 aliphatic rings. The molecule has 1 aliphatic carbocycles. The molecule has 3 rings (SSSR count). The Bertz CT molecular complexity index is 671. The summed E-state index contributed by atoms with van der Waals surface area (Å²) in [7, 11) is 1.62. The van der Waals surface area contributed by atoms with Crippen molar-refractivity contribution in [1.82, 2.24) is 0 Å². The van der Waals surface area contributed by atoms with Crippen molar-refractivity contribution in [3.05, 3.63) is 71.8 Å². The Labute approximate surface area is 142 Å². The minimum Gasteiger partial charge on any atom is -0.481 e. The predicted octanol–water partition coefficient (Wildman–Crippen LogP) is 3.09. The highest BCUT2D eigenvalue weighted by Gasteiger charge is 2.71. The monoisotopic (exact) mass is 326 g/mol. The molecule has 0 radical (unpaired) electrons. The molecule has 24 heavy (non-hydrogen) atoms. The number of carboxylic acid groups (broad SMARTS) is 1. The predicted molar refractivity (Wildman–Crippen MR) is 91.1 cm³/mol. The van der Waals surface area contributed by atoms with Crippen LogP contribution < -0.4 is 0 Å². The lowest BCUT2D eigenvalue weighted by Crippen LogP contribution is -2.25. The van der Waals surface area contributed by atoms with E-state index in [0.717, 1.165) is 11.1 Å². The molecule has 126 valence electrons. The van der Waals surface area contributed by atoms with Crippen molar-refractivity contribution in [3.63, 3.8) is 0 Å². The number of benzene rings is 2. The standard InChI is InChI=1S/C20H22O4/c1-23-12-13-24-14-17-18(15-8-4-2-5-9-15)20(17,19(21)22)16-10-6-3-7-11-16/h2-11,17-18H,12-14H2,1H3,(H,21,22)/t17-,18?,20-/m1/s1. The van der Waals surface area contributed by atoms with Gasteiger partial charge >= 0.3 is 5.97 Å². The lowest BCUT2D eigenvalue weighted by atomic mass is 9.90. The largest absolute Gasteiger partial charge is 0.481 e. The Balaban J connectivity index is 1.93. The van der Waals surface area contributed by atoms with Crippen LogP contribution in [0, 0.1) is 5.92 Å². The topological polar surface area (TPSA) is 55.8 Å². The van der Waals surface area contributed by atoms with Crippen molar-refractivity contribution in [2.75, 3.05) is 26.9 Å². The van der Waals surface area contributed by atoms with E-state index in [2.05, 4.69) is 0 Å². The van der Waals surface area contributed by atoms with Gasteiger partial charge in [-0.2, -0.15) is 0 Å².